The van der Waals surface area contributed by atoms with E-state index in [-0.39, 0.29) is 29.9 Å². The summed E-state index contributed by atoms with van der Waals surface area (Å²) in [5.41, 5.74) is -0.141. The smallest absolute Gasteiger partial charge is 0.407 e. The maximum atomic E-state index is 11.9. The van der Waals surface area contributed by atoms with Crippen molar-refractivity contribution < 1.29 is 23.8 Å². The number of alkyl carbamates (subject to hydrolysis) is 1. The molecular formula is C19H28N2O5. The SMILES string of the molecule is COc1nccc(OC2CCC(NC(=O)OC(C)(C)C)CC2)c1C(C)=O. The highest BCUT2D eigenvalue weighted by atomic mass is 16.6. The summed E-state index contributed by atoms with van der Waals surface area (Å²) in [6.07, 6.45) is 4.31. The van der Waals surface area contributed by atoms with Gasteiger partial charge in [0.15, 0.2) is 5.78 Å². The van der Waals surface area contributed by atoms with Gasteiger partial charge >= 0.3 is 6.09 Å². The third-order valence-corrected chi connectivity index (χ3v) is 4.11. The van der Waals surface area contributed by atoms with Crippen LogP contribution in [0, 0.1) is 0 Å². The molecule has 1 aliphatic rings. The number of hydrogen-bond acceptors (Lipinski definition) is 6. The predicted molar refractivity (Wildman–Crippen MR) is 96.8 cm³/mol. The molecule has 26 heavy (non-hydrogen) atoms. The first-order chi connectivity index (χ1) is 12.2. The van der Waals surface area contributed by atoms with E-state index >= 15 is 0 Å². The number of aromatic nitrogens is 1. The normalized spacial score (nSPS) is 20.2. The summed E-state index contributed by atoms with van der Waals surface area (Å²) in [5.74, 6) is 0.619. The van der Waals surface area contributed by atoms with E-state index in [1.807, 2.05) is 20.8 Å². The van der Waals surface area contributed by atoms with Crippen molar-refractivity contribution in [2.45, 2.75) is 71.1 Å². The summed E-state index contributed by atoms with van der Waals surface area (Å²) in [5, 5.41) is 2.91. The van der Waals surface area contributed by atoms with E-state index in [0.29, 0.717) is 11.3 Å². The lowest BCUT2D eigenvalue weighted by Gasteiger charge is -2.30. The Labute approximate surface area is 154 Å². The van der Waals surface area contributed by atoms with Crippen LogP contribution in [-0.4, -0.2) is 41.7 Å². The molecule has 0 unspecified atom stereocenters. The van der Waals surface area contributed by atoms with Crippen molar-refractivity contribution in [2.24, 2.45) is 0 Å². The molecule has 7 nitrogen and oxygen atoms in total. The lowest BCUT2D eigenvalue weighted by atomic mass is 9.93. The molecule has 144 valence electrons. The fourth-order valence-electron chi connectivity index (χ4n) is 2.98. The van der Waals surface area contributed by atoms with Crippen LogP contribution >= 0.6 is 0 Å². The van der Waals surface area contributed by atoms with Crippen LogP contribution in [-0.2, 0) is 4.74 Å². The van der Waals surface area contributed by atoms with Crippen LogP contribution in [0.5, 0.6) is 11.6 Å². The number of carbonyl (C=O) groups excluding carboxylic acids is 2. The van der Waals surface area contributed by atoms with E-state index in [1.165, 1.54) is 14.0 Å². The van der Waals surface area contributed by atoms with E-state index in [2.05, 4.69) is 10.3 Å². The summed E-state index contributed by atoms with van der Waals surface area (Å²) < 4.78 is 16.5. The van der Waals surface area contributed by atoms with Crippen molar-refractivity contribution in [2.75, 3.05) is 7.11 Å². The second-order valence-corrected chi connectivity index (χ2v) is 7.49. The molecule has 1 aromatic rings. The standard InChI is InChI=1S/C19H28N2O5/c1-12(22)16-15(10-11-20-17(16)24-5)25-14-8-6-13(7-9-14)21-18(23)26-19(2,3)4/h10-11,13-14H,6-9H2,1-5H3,(H,21,23). The van der Waals surface area contributed by atoms with Crippen LogP contribution in [0.2, 0.25) is 0 Å². The van der Waals surface area contributed by atoms with Gasteiger partial charge in [-0.05, 0) is 59.4 Å². The molecule has 0 radical (unpaired) electrons. The summed E-state index contributed by atoms with van der Waals surface area (Å²) in [7, 11) is 1.48. The first kappa shape index (κ1) is 20.0. The van der Waals surface area contributed by atoms with Crippen LogP contribution in [0.4, 0.5) is 4.79 Å². The average Bonchev–Trinajstić information content (AvgIpc) is 2.54. The second-order valence-electron chi connectivity index (χ2n) is 7.49. The van der Waals surface area contributed by atoms with Gasteiger partial charge in [0.05, 0.1) is 13.2 Å². The monoisotopic (exact) mass is 364 g/mol. The fourth-order valence-corrected chi connectivity index (χ4v) is 2.98. The molecule has 1 saturated carbocycles. The number of rotatable bonds is 5. The lowest BCUT2D eigenvalue weighted by molar-refractivity contribution is 0.0469. The van der Waals surface area contributed by atoms with Crippen molar-refractivity contribution in [1.29, 1.82) is 0 Å². The Bertz CT molecular complexity index is 646. The molecular weight excluding hydrogens is 336 g/mol. The molecule has 0 aromatic carbocycles. The largest absolute Gasteiger partial charge is 0.489 e. The summed E-state index contributed by atoms with van der Waals surface area (Å²) in [6.45, 7) is 6.99. The number of pyridine rings is 1. The zero-order valence-corrected chi connectivity index (χ0v) is 16.1. The maximum absolute atomic E-state index is 11.9. The van der Waals surface area contributed by atoms with Gasteiger partial charge in [0.1, 0.15) is 16.9 Å². The molecule has 1 amide bonds. The first-order valence-corrected chi connectivity index (χ1v) is 8.89. The van der Waals surface area contributed by atoms with Crippen LogP contribution in [0.25, 0.3) is 0 Å². The minimum absolute atomic E-state index is 0.0168. The zero-order valence-electron chi connectivity index (χ0n) is 16.1. The molecule has 1 N–H and O–H groups in total. The number of hydrogen-bond donors (Lipinski definition) is 1. The van der Waals surface area contributed by atoms with Gasteiger partial charge in [-0.15, -0.1) is 0 Å². The van der Waals surface area contributed by atoms with Crippen molar-refractivity contribution in [3.8, 4) is 11.6 Å². The van der Waals surface area contributed by atoms with Gasteiger partial charge in [-0.3, -0.25) is 4.79 Å². The van der Waals surface area contributed by atoms with Gasteiger partial charge in [0, 0.05) is 12.2 Å². The number of ether oxygens (including phenoxy) is 3. The van der Waals surface area contributed by atoms with E-state index < -0.39 is 5.60 Å². The quantitative estimate of drug-likeness (QED) is 0.805. The topological polar surface area (TPSA) is 86.8 Å². The maximum Gasteiger partial charge on any atom is 0.407 e. The summed E-state index contributed by atoms with van der Waals surface area (Å²) >= 11 is 0. The highest BCUT2D eigenvalue weighted by Crippen LogP contribution is 2.30. The van der Waals surface area contributed by atoms with Crippen LogP contribution in [0.1, 0.15) is 63.7 Å². The molecule has 0 atom stereocenters. The van der Waals surface area contributed by atoms with Gasteiger partial charge in [0.25, 0.3) is 0 Å². The number of Topliss-reactive ketones (excluding diaryl/α,β-unsaturated/α-hetero) is 1. The molecule has 1 heterocycles. The molecule has 1 aliphatic carbocycles. The molecule has 7 heteroatoms. The molecule has 0 spiro atoms. The van der Waals surface area contributed by atoms with Crippen LogP contribution in [0.3, 0.4) is 0 Å². The third-order valence-electron chi connectivity index (χ3n) is 4.11. The predicted octanol–water partition coefficient (Wildman–Crippen LogP) is 3.51. The van der Waals surface area contributed by atoms with Crippen molar-refractivity contribution in [1.82, 2.24) is 10.3 Å². The Morgan fingerprint density at radius 1 is 1.19 bits per heavy atom. The molecule has 1 fully saturated rings. The second kappa shape index (κ2) is 8.38. The third kappa shape index (κ3) is 5.61. The molecule has 0 aliphatic heterocycles. The zero-order chi connectivity index (χ0) is 19.3. The van der Waals surface area contributed by atoms with E-state index in [4.69, 9.17) is 14.2 Å². The summed E-state index contributed by atoms with van der Waals surface area (Å²) in [4.78, 5) is 27.8. The number of methoxy groups -OCH3 is 1. The fraction of sp³-hybridized carbons (Fsp3) is 0.632. The van der Waals surface area contributed by atoms with Gasteiger partial charge in [0.2, 0.25) is 5.88 Å². The number of amides is 1. The highest BCUT2D eigenvalue weighted by Gasteiger charge is 2.27. The summed E-state index contributed by atoms with van der Waals surface area (Å²) in [6, 6.07) is 1.76. The number of nitrogens with one attached hydrogen (secondary N) is 1. The van der Waals surface area contributed by atoms with Crippen molar-refractivity contribution in [3.05, 3.63) is 17.8 Å². The lowest BCUT2D eigenvalue weighted by Crippen LogP contribution is -2.42. The Morgan fingerprint density at radius 2 is 1.85 bits per heavy atom. The number of carbonyl (C=O) groups is 2. The first-order valence-electron chi connectivity index (χ1n) is 8.89. The van der Waals surface area contributed by atoms with E-state index in [9.17, 15) is 9.59 Å². The number of ketones is 1. The van der Waals surface area contributed by atoms with Gasteiger partial charge in [-0.2, -0.15) is 0 Å². The van der Waals surface area contributed by atoms with Gasteiger partial charge in [-0.1, -0.05) is 0 Å². The van der Waals surface area contributed by atoms with Crippen LogP contribution < -0.4 is 14.8 Å². The minimum atomic E-state index is -0.506. The Balaban J connectivity index is 1.92. The highest BCUT2D eigenvalue weighted by molar-refractivity contribution is 5.99. The average molecular weight is 364 g/mol. The van der Waals surface area contributed by atoms with E-state index in [1.54, 1.807) is 12.3 Å². The molecule has 0 bridgehead atoms. The van der Waals surface area contributed by atoms with Crippen molar-refractivity contribution >= 4 is 11.9 Å². The Kier molecular flexibility index (Phi) is 6.45. The molecule has 0 saturated heterocycles. The Morgan fingerprint density at radius 3 is 2.38 bits per heavy atom. The van der Waals surface area contributed by atoms with Gasteiger partial charge in [-0.25, -0.2) is 9.78 Å². The Hall–Kier alpha value is -2.31. The van der Waals surface area contributed by atoms with Crippen molar-refractivity contribution in [3.63, 3.8) is 0 Å². The van der Waals surface area contributed by atoms with Crippen LogP contribution in [0.15, 0.2) is 12.3 Å². The van der Waals surface area contributed by atoms with E-state index in [0.717, 1.165) is 25.7 Å². The number of nitrogens with zero attached hydrogens (tertiary/aromatic N) is 1. The van der Waals surface area contributed by atoms with Gasteiger partial charge < -0.3 is 19.5 Å². The minimum Gasteiger partial charge on any atom is -0.489 e. The molecule has 1 aromatic heterocycles. The molecule has 2 rings (SSSR count).